The zero-order valence-corrected chi connectivity index (χ0v) is 17.0. The molecule has 0 radical (unpaired) electrons. The maximum Gasteiger partial charge on any atom is 0.191 e. The summed E-state index contributed by atoms with van der Waals surface area (Å²) in [5, 5.41) is 7.81. The predicted molar refractivity (Wildman–Crippen MR) is 107 cm³/mol. The summed E-state index contributed by atoms with van der Waals surface area (Å²) in [4.78, 5) is 9.23. The molecule has 6 nitrogen and oxygen atoms in total. The Labute approximate surface area is 161 Å². The molecule has 25 heavy (non-hydrogen) atoms. The number of nitrogens with one attached hydrogen (secondary N) is 2. The van der Waals surface area contributed by atoms with E-state index in [0.717, 1.165) is 31.2 Å². The summed E-state index contributed by atoms with van der Waals surface area (Å²) < 4.78 is 1.88. The third kappa shape index (κ3) is 6.37. The van der Waals surface area contributed by atoms with Gasteiger partial charge in [0.05, 0.1) is 11.6 Å². The van der Waals surface area contributed by atoms with Crippen molar-refractivity contribution in [3.05, 3.63) is 21.9 Å². The number of nitrogens with zero attached hydrogens (tertiary/aromatic N) is 4. The normalized spacial score (nSPS) is 17.6. The van der Waals surface area contributed by atoms with Gasteiger partial charge < -0.3 is 25.0 Å². The molecular weight excluding hydrogens is 359 g/mol. The average Bonchev–Trinajstić information content (AvgIpc) is 2.76. The number of rotatable bonds is 6. The second-order valence-electron chi connectivity index (χ2n) is 6.54. The SMILES string of the molecule is CN=C(NCCCN1CCCN(C)CC1)NCc1cc(Cl)c(Cl)n1C. The molecule has 1 aromatic rings. The van der Waals surface area contributed by atoms with Gasteiger partial charge in [0, 0.05) is 39.4 Å². The Bertz CT molecular complexity index is 572. The Morgan fingerprint density at radius 3 is 2.64 bits per heavy atom. The lowest BCUT2D eigenvalue weighted by Crippen LogP contribution is -2.39. The fourth-order valence-electron chi connectivity index (χ4n) is 2.99. The Kier molecular flexibility index (Phi) is 8.36. The van der Waals surface area contributed by atoms with Gasteiger partial charge in [0.1, 0.15) is 5.15 Å². The summed E-state index contributed by atoms with van der Waals surface area (Å²) in [6.07, 6.45) is 2.36. The molecular formula is C17H30Cl2N6. The molecule has 1 fully saturated rings. The first kappa shape index (κ1) is 20.4. The fraction of sp³-hybridized carbons (Fsp3) is 0.706. The first-order valence-electron chi connectivity index (χ1n) is 8.86. The largest absolute Gasteiger partial charge is 0.356 e. The predicted octanol–water partition coefficient (Wildman–Crippen LogP) is 2.02. The summed E-state index contributed by atoms with van der Waals surface area (Å²) >= 11 is 12.1. The number of aromatic nitrogens is 1. The van der Waals surface area contributed by atoms with Crippen LogP contribution in [0.15, 0.2) is 11.1 Å². The first-order valence-corrected chi connectivity index (χ1v) is 9.62. The molecule has 0 aromatic carbocycles. The molecule has 142 valence electrons. The number of hydrogen-bond acceptors (Lipinski definition) is 3. The zero-order chi connectivity index (χ0) is 18.2. The lowest BCUT2D eigenvalue weighted by atomic mass is 10.3. The lowest BCUT2D eigenvalue weighted by Gasteiger charge is -2.20. The molecule has 0 amide bonds. The summed E-state index contributed by atoms with van der Waals surface area (Å²) in [5.41, 5.74) is 1.02. The quantitative estimate of drug-likeness (QED) is 0.444. The highest BCUT2D eigenvalue weighted by Gasteiger charge is 2.12. The van der Waals surface area contributed by atoms with Gasteiger partial charge in [-0.25, -0.2) is 0 Å². The van der Waals surface area contributed by atoms with E-state index in [2.05, 4.69) is 32.5 Å². The molecule has 0 spiro atoms. The van der Waals surface area contributed by atoms with E-state index in [1.54, 1.807) is 7.05 Å². The number of likely N-dealkylation sites (N-methyl/N-ethyl adjacent to an activating group) is 1. The van der Waals surface area contributed by atoms with E-state index in [1.165, 1.54) is 32.6 Å². The summed E-state index contributed by atoms with van der Waals surface area (Å²) in [5.74, 6) is 0.795. The fourth-order valence-corrected chi connectivity index (χ4v) is 3.40. The van der Waals surface area contributed by atoms with Crippen LogP contribution < -0.4 is 10.6 Å². The number of hydrogen-bond donors (Lipinski definition) is 2. The van der Waals surface area contributed by atoms with Crippen LogP contribution in [0.5, 0.6) is 0 Å². The molecule has 2 N–H and O–H groups in total. The molecule has 1 saturated heterocycles. The smallest absolute Gasteiger partial charge is 0.191 e. The topological polar surface area (TPSA) is 47.8 Å². The maximum absolute atomic E-state index is 6.09. The van der Waals surface area contributed by atoms with Gasteiger partial charge in [-0.15, -0.1) is 0 Å². The molecule has 0 bridgehead atoms. The minimum atomic E-state index is 0.560. The molecule has 2 heterocycles. The highest BCUT2D eigenvalue weighted by molar-refractivity contribution is 6.41. The van der Waals surface area contributed by atoms with Gasteiger partial charge in [-0.1, -0.05) is 23.2 Å². The lowest BCUT2D eigenvalue weighted by molar-refractivity contribution is 0.274. The first-order chi connectivity index (χ1) is 12.0. The van der Waals surface area contributed by atoms with E-state index in [9.17, 15) is 0 Å². The van der Waals surface area contributed by atoms with Crippen LogP contribution in [0, 0.1) is 0 Å². The number of aliphatic imine (C=N–C) groups is 1. The van der Waals surface area contributed by atoms with Crippen molar-refractivity contribution < 1.29 is 0 Å². The van der Waals surface area contributed by atoms with Crippen molar-refractivity contribution in [3.63, 3.8) is 0 Å². The van der Waals surface area contributed by atoms with Gasteiger partial charge >= 0.3 is 0 Å². The van der Waals surface area contributed by atoms with Gasteiger partial charge in [-0.2, -0.15) is 0 Å². The van der Waals surface area contributed by atoms with Crippen LogP contribution in [0.4, 0.5) is 0 Å². The van der Waals surface area contributed by atoms with Crippen molar-refractivity contribution >= 4 is 29.2 Å². The van der Waals surface area contributed by atoms with Crippen molar-refractivity contribution in [2.45, 2.75) is 19.4 Å². The second-order valence-corrected chi connectivity index (χ2v) is 7.30. The Hall–Kier alpha value is -0.950. The molecule has 0 atom stereocenters. The summed E-state index contributed by atoms with van der Waals surface area (Å²) in [7, 11) is 5.89. The van der Waals surface area contributed by atoms with Crippen molar-refractivity contribution in [2.75, 3.05) is 53.4 Å². The third-order valence-corrected chi connectivity index (χ3v) is 5.47. The van der Waals surface area contributed by atoms with E-state index >= 15 is 0 Å². The van der Waals surface area contributed by atoms with Crippen LogP contribution >= 0.6 is 23.2 Å². The Morgan fingerprint density at radius 2 is 1.96 bits per heavy atom. The summed E-state index contributed by atoms with van der Waals surface area (Å²) in [6.45, 7) is 7.39. The van der Waals surface area contributed by atoms with Crippen LogP contribution in [-0.4, -0.2) is 73.7 Å². The van der Waals surface area contributed by atoms with Crippen molar-refractivity contribution in [3.8, 4) is 0 Å². The molecule has 2 rings (SSSR count). The number of guanidine groups is 1. The molecule has 8 heteroatoms. The van der Waals surface area contributed by atoms with Crippen LogP contribution in [-0.2, 0) is 13.6 Å². The van der Waals surface area contributed by atoms with Crippen molar-refractivity contribution in [1.82, 2.24) is 25.0 Å². The molecule has 0 unspecified atom stereocenters. The minimum absolute atomic E-state index is 0.560. The van der Waals surface area contributed by atoms with Gasteiger partial charge in [-0.05, 0) is 45.6 Å². The monoisotopic (exact) mass is 388 g/mol. The molecule has 1 aromatic heterocycles. The molecule has 1 aliphatic heterocycles. The van der Waals surface area contributed by atoms with E-state index in [4.69, 9.17) is 23.2 Å². The molecule has 0 saturated carbocycles. The minimum Gasteiger partial charge on any atom is -0.356 e. The highest BCUT2D eigenvalue weighted by Crippen LogP contribution is 2.24. The van der Waals surface area contributed by atoms with Crippen molar-refractivity contribution in [2.24, 2.45) is 12.0 Å². The third-order valence-electron chi connectivity index (χ3n) is 4.63. The second kappa shape index (κ2) is 10.3. The van der Waals surface area contributed by atoms with E-state index in [0.29, 0.717) is 16.7 Å². The van der Waals surface area contributed by atoms with Crippen LogP contribution in [0.1, 0.15) is 18.5 Å². The van der Waals surface area contributed by atoms with Crippen molar-refractivity contribution in [1.29, 1.82) is 0 Å². The Balaban J connectivity index is 1.67. The van der Waals surface area contributed by atoms with Crippen LogP contribution in [0.25, 0.3) is 0 Å². The van der Waals surface area contributed by atoms with Gasteiger partial charge in [0.15, 0.2) is 5.96 Å². The summed E-state index contributed by atoms with van der Waals surface area (Å²) in [6, 6.07) is 1.88. The van der Waals surface area contributed by atoms with Gasteiger partial charge in [0.2, 0.25) is 0 Å². The van der Waals surface area contributed by atoms with E-state index < -0.39 is 0 Å². The Morgan fingerprint density at radius 1 is 1.16 bits per heavy atom. The zero-order valence-electron chi connectivity index (χ0n) is 15.5. The maximum atomic E-state index is 6.09. The van der Waals surface area contributed by atoms with Crippen LogP contribution in [0.2, 0.25) is 10.2 Å². The van der Waals surface area contributed by atoms with Crippen LogP contribution in [0.3, 0.4) is 0 Å². The molecule has 1 aliphatic rings. The number of halogens is 2. The van der Waals surface area contributed by atoms with Gasteiger partial charge in [0.25, 0.3) is 0 Å². The van der Waals surface area contributed by atoms with Gasteiger partial charge in [-0.3, -0.25) is 4.99 Å². The standard InChI is InChI=1S/C17H30Cl2N6/c1-20-17(22-13-14-12-15(18)16(19)24(14)3)21-6-4-8-25-9-5-7-23(2)10-11-25/h12H,4-11,13H2,1-3H3,(H2,20,21,22). The highest BCUT2D eigenvalue weighted by atomic mass is 35.5. The average molecular weight is 389 g/mol. The molecule has 0 aliphatic carbocycles. The van der Waals surface area contributed by atoms with E-state index in [1.807, 2.05) is 17.7 Å². The van der Waals surface area contributed by atoms with E-state index in [-0.39, 0.29) is 0 Å².